The van der Waals surface area contributed by atoms with E-state index in [0.717, 1.165) is 37.4 Å². The van der Waals surface area contributed by atoms with E-state index < -0.39 is 5.97 Å². The van der Waals surface area contributed by atoms with Crippen molar-refractivity contribution >= 4 is 11.8 Å². The number of anilines is 1. The van der Waals surface area contributed by atoms with Crippen LogP contribution in [-0.2, 0) is 0 Å². The molecule has 1 aliphatic rings. The summed E-state index contributed by atoms with van der Waals surface area (Å²) >= 11 is 0. The standard InChI is InChI=1S/C16H24N2O2/c1-4-16(5-2)6-8-18(9-7-16)14-11-13(15(19)20)10-12(3)17-14/h10-11H,4-9H2,1-3H3,(H,19,20). The van der Waals surface area contributed by atoms with E-state index in [1.807, 2.05) is 6.92 Å². The summed E-state index contributed by atoms with van der Waals surface area (Å²) in [6, 6.07) is 3.32. The van der Waals surface area contributed by atoms with Gasteiger partial charge in [-0.25, -0.2) is 9.78 Å². The third-order valence-corrected chi connectivity index (χ3v) is 4.83. The molecule has 1 aromatic heterocycles. The maximum Gasteiger partial charge on any atom is 0.335 e. The van der Waals surface area contributed by atoms with Crippen LogP contribution in [0.2, 0.25) is 0 Å². The van der Waals surface area contributed by atoms with Crippen LogP contribution in [0.25, 0.3) is 0 Å². The van der Waals surface area contributed by atoms with E-state index in [9.17, 15) is 4.79 Å². The van der Waals surface area contributed by atoms with Gasteiger partial charge in [0.15, 0.2) is 0 Å². The van der Waals surface area contributed by atoms with Crippen LogP contribution in [0.5, 0.6) is 0 Å². The molecule has 4 heteroatoms. The predicted molar refractivity (Wildman–Crippen MR) is 80.4 cm³/mol. The zero-order valence-corrected chi connectivity index (χ0v) is 12.6. The Balaban J connectivity index is 2.16. The number of aryl methyl sites for hydroxylation is 1. The van der Waals surface area contributed by atoms with Gasteiger partial charge in [0.05, 0.1) is 5.56 Å². The molecule has 110 valence electrons. The molecule has 0 saturated carbocycles. The Kier molecular flexibility index (Phi) is 4.31. The summed E-state index contributed by atoms with van der Waals surface area (Å²) in [6.07, 6.45) is 4.77. The summed E-state index contributed by atoms with van der Waals surface area (Å²) in [4.78, 5) is 17.9. The van der Waals surface area contributed by atoms with Crippen LogP contribution in [0.4, 0.5) is 5.82 Å². The van der Waals surface area contributed by atoms with Crippen LogP contribution in [0, 0.1) is 12.3 Å². The Morgan fingerprint density at radius 2 is 1.90 bits per heavy atom. The summed E-state index contributed by atoms with van der Waals surface area (Å²) in [6.45, 7) is 8.33. The smallest absolute Gasteiger partial charge is 0.335 e. The molecule has 1 saturated heterocycles. The van der Waals surface area contributed by atoms with Crippen molar-refractivity contribution in [1.29, 1.82) is 0 Å². The molecule has 0 unspecified atom stereocenters. The Morgan fingerprint density at radius 1 is 1.30 bits per heavy atom. The highest BCUT2D eigenvalue weighted by Gasteiger charge is 2.31. The van der Waals surface area contributed by atoms with Crippen molar-refractivity contribution in [1.82, 2.24) is 4.98 Å². The average Bonchev–Trinajstić information content (AvgIpc) is 2.46. The lowest BCUT2D eigenvalue weighted by Crippen LogP contribution is -2.40. The molecule has 0 radical (unpaired) electrons. The van der Waals surface area contributed by atoms with E-state index in [1.165, 1.54) is 12.8 Å². The lowest BCUT2D eigenvalue weighted by Gasteiger charge is -2.41. The van der Waals surface area contributed by atoms with Crippen LogP contribution in [0.15, 0.2) is 12.1 Å². The molecule has 0 aromatic carbocycles. The fourth-order valence-electron chi connectivity index (χ4n) is 3.10. The molecule has 0 atom stereocenters. The number of aromatic carboxylic acids is 1. The number of carboxylic acid groups (broad SMARTS) is 1. The lowest BCUT2D eigenvalue weighted by molar-refractivity contribution is 0.0696. The molecule has 2 heterocycles. The number of carbonyl (C=O) groups is 1. The average molecular weight is 276 g/mol. The van der Waals surface area contributed by atoms with Gasteiger partial charge in [0.25, 0.3) is 0 Å². The number of pyridine rings is 1. The van der Waals surface area contributed by atoms with E-state index in [1.54, 1.807) is 12.1 Å². The third-order valence-electron chi connectivity index (χ3n) is 4.83. The van der Waals surface area contributed by atoms with Gasteiger partial charge in [0.2, 0.25) is 0 Å². The molecule has 1 fully saturated rings. The SMILES string of the molecule is CCC1(CC)CCN(c2cc(C(=O)O)cc(C)n2)CC1. The molecule has 20 heavy (non-hydrogen) atoms. The van der Waals surface area contributed by atoms with Crippen molar-refractivity contribution in [3.8, 4) is 0 Å². The molecular weight excluding hydrogens is 252 g/mol. The highest BCUT2D eigenvalue weighted by Crippen LogP contribution is 2.38. The first-order chi connectivity index (χ1) is 9.49. The first kappa shape index (κ1) is 14.8. The highest BCUT2D eigenvalue weighted by molar-refractivity contribution is 5.88. The molecule has 0 aliphatic carbocycles. The van der Waals surface area contributed by atoms with Gasteiger partial charge in [-0.15, -0.1) is 0 Å². The van der Waals surface area contributed by atoms with Crippen LogP contribution in [0.3, 0.4) is 0 Å². The third kappa shape index (κ3) is 2.94. The second-order valence-corrected chi connectivity index (χ2v) is 5.85. The van der Waals surface area contributed by atoms with Gasteiger partial charge in [0.1, 0.15) is 5.82 Å². The number of rotatable bonds is 4. The largest absolute Gasteiger partial charge is 0.478 e. The number of aromatic nitrogens is 1. The maximum absolute atomic E-state index is 11.1. The van der Waals surface area contributed by atoms with Crippen LogP contribution in [-0.4, -0.2) is 29.1 Å². The lowest BCUT2D eigenvalue weighted by atomic mass is 9.74. The molecule has 1 aliphatic heterocycles. The van der Waals surface area contributed by atoms with E-state index in [0.29, 0.717) is 11.0 Å². The normalized spacial score (nSPS) is 18.1. The summed E-state index contributed by atoms with van der Waals surface area (Å²) in [5.74, 6) is -0.0755. The van der Waals surface area contributed by atoms with Gasteiger partial charge in [-0.1, -0.05) is 26.7 Å². The monoisotopic (exact) mass is 276 g/mol. The highest BCUT2D eigenvalue weighted by atomic mass is 16.4. The van der Waals surface area contributed by atoms with Crippen molar-refractivity contribution in [2.24, 2.45) is 5.41 Å². The van der Waals surface area contributed by atoms with Gasteiger partial charge < -0.3 is 10.0 Å². The fourth-order valence-corrected chi connectivity index (χ4v) is 3.10. The first-order valence-corrected chi connectivity index (χ1v) is 7.46. The van der Waals surface area contributed by atoms with Gasteiger partial charge in [0, 0.05) is 18.8 Å². The van der Waals surface area contributed by atoms with Gasteiger partial charge in [-0.3, -0.25) is 0 Å². The fraction of sp³-hybridized carbons (Fsp3) is 0.625. The van der Waals surface area contributed by atoms with Crippen molar-refractivity contribution in [3.05, 3.63) is 23.4 Å². The summed E-state index contributed by atoms with van der Waals surface area (Å²) in [5, 5.41) is 9.14. The Hall–Kier alpha value is -1.58. The zero-order chi connectivity index (χ0) is 14.8. The molecule has 1 aromatic rings. The number of nitrogens with zero attached hydrogens (tertiary/aromatic N) is 2. The van der Waals surface area contributed by atoms with Gasteiger partial charge >= 0.3 is 5.97 Å². The summed E-state index contributed by atoms with van der Waals surface area (Å²) in [7, 11) is 0. The Bertz CT molecular complexity index is 485. The maximum atomic E-state index is 11.1. The molecule has 0 spiro atoms. The van der Waals surface area contributed by atoms with E-state index >= 15 is 0 Å². The molecular formula is C16H24N2O2. The second kappa shape index (κ2) is 5.81. The summed E-state index contributed by atoms with van der Waals surface area (Å²) in [5.41, 5.74) is 1.56. The van der Waals surface area contributed by atoms with Crippen molar-refractivity contribution < 1.29 is 9.90 Å². The number of piperidine rings is 1. The molecule has 1 N–H and O–H groups in total. The minimum absolute atomic E-state index is 0.329. The molecule has 4 nitrogen and oxygen atoms in total. The Morgan fingerprint density at radius 3 is 2.40 bits per heavy atom. The Labute approximate surface area is 120 Å². The van der Waals surface area contributed by atoms with Gasteiger partial charge in [-0.2, -0.15) is 0 Å². The van der Waals surface area contributed by atoms with Crippen LogP contribution >= 0.6 is 0 Å². The van der Waals surface area contributed by atoms with Crippen LogP contribution < -0.4 is 4.90 Å². The predicted octanol–water partition coefficient (Wildman–Crippen LogP) is 3.49. The molecule has 2 rings (SSSR count). The number of hydrogen-bond donors (Lipinski definition) is 1. The first-order valence-electron chi connectivity index (χ1n) is 7.46. The minimum atomic E-state index is -0.884. The topological polar surface area (TPSA) is 53.4 Å². The van der Waals surface area contributed by atoms with Crippen molar-refractivity contribution in [3.63, 3.8) is 0 Å². The second-order valence-electron chi connectivity index (χ2n) is 5.85. The molecule has 0 amide bonds. The van der Waals surface area contributed by atoms with E-state index in [-0.39, 0.29) is 0 Å². The van der Waals surface area contributed by atoms with E-state index in [2.05, 4.69) is 23.7 Å². The van der Waals surface area contributed by atoms with Crippen LogP contribution in [0.1, 0.15) is 55.6 Å². The number of carboxylic acids is 1. The van der Waals surface area contributed by atoms with E-state index in [4.69, 9.17) is 5.11 Å². The molecule has 0 bridgehead atoms. The zero-order valence-electron chi connectivity index (χ0n) is 12.6. The quantitative estimate of drug-likeness (QED) is 0.914. The van der Waals surface area contributed by atoms with Crippen molar-refractivity contribution in [2.45, 2.75) is 46.5 Å². The van der Waals surface area contributed by atoms with Crippen molar-refractivity contribution in [2.75, 3.05) is 18.0 Å². The minimum Gasteiger partial charge on any atom is -0.478 e. The summed E-state index contributed by atoms with van der Waals surface area (Å²) < 4.78 is 0. The number of hydrogen-bond acceptors (Lipinski definition) is 3. The van der Waals surface area contributed by atoms with Gasteiger partial charge in [-0.05, 0) is 37.3 Å².